The molecule has 6 rings (SSSR count). The third-order valence-corrected chi connectivity index (χ3v) is 8.13. The van der Waals surface area contributed by atoms with Crippen LogP contribution >= 0.6 is 0 Å². The highest BCUT2D eigenvalue weighted by Gasteiger charge is 2.39. The van der Waals surface area contributed by atoms with Crippen LogP contribution in [0.4, 0.5) is 24.5 Å². The van der Waals surface area contributed by atoms with Gasteiger partial charge in [0.1, 0.15) is 10.9 Å². The number of aliphatic carboxylic acids is 1. The third-order valence-electron chi connectivity index (χ3n) is 6.46. The number of alkyl halides is 3. The Morgan fingerprint density at radius 3 is 2.49 bits per heavy atom. The van der Waals surface area contributed by atoms with Gasteiger partial charge in [-0.3, -0.25) is 4.99 Å². The predicted octanol–water partition coefficient (Wildman–Crippen LogP) is 1.63. The van der Waals surface area contributed by atoms with Gasteiger partial charge in [0.15, 0.2) is 17.7 Å². The van der Waals surface area contributed by atoms with Crippen molar-refractivity contribution in [1.82, 2.24) is 0 Å². The van der Waals surface area contributed by atoms with Crippen molar-refractivity contribution in [2.24, 2.45) is 4.99 Å². The van der Waals surface area contributed by atoms with Gasteiger partial charge >= 0.3 is 16.2 Å². The molecule has 214 valence electrons. The molecule has 0 saturated heterocycles. The van der Waals surface area contributed by atoms with Crippen molar-refractivity contribution in [1.29, 1.82) is 0 Å². The zero-order chi connectivity index (χ0) is 29.5. The Kier molecular flexibility index (Phi) is 7.11. The number of anilines is 1. The van der Waals surface area contributed by atoms with E-state index in [1.54, 1.807) is 36.5 Å². The summed E-state index contributed by atoms with van der Waals surface area (Å²) >= 11 is 0. The molecule has 0 atom stereocenters. The summed E-state index contributed by atoms with van der Waals surface area (Å²) in [4.78, 5) is 13.5. The molecule has 10 nitrogen and oxygen atoms in total. The number of halogens is 3. The monoisotopic (exact) mass is 589 g/mol. The molecule has 0 amide bonds. The maximum absolute atomic E-state index is 13.5. The summed E-state index contributed by atoms with van der Waals surface area (Å²) in [6.45, 7) is 3.06. The second kappa shape index (κ2) is 10.4. The molecule has 3 aromatic carbocycles. The lowest BCUT2D eigenvalue weighted by Gasteiger charge is -2.12. The number of aryl methyl sites for hydroxylation is 1. The molecule has 0 radical (unpaired) electrons. The van der Waals surface area contributed by atoms with Gasteiger partial charge in [-0.25, -0.2) is 0 Å². The minimum Gasteiger partial charge on any atom is -0.542 e. The highest BCUT2D eigenvalue weighted by atomic mass is 32.2. The zero-order valence-electron chi connectivity index (χ0n) is 21.4. The van der Waals surface area contributed by atoms with Crippen LogP contribution in [-0.4, -0.2) is 49.2 Å². The predicted molar refractivity (Wildman–Crippen MR) is 137 cm³/mol. The van der Waals surface area contributed by atoms with Crippen molar-refractivity contribution in [3.63, 3.8) is 0 Å². The van der Waals surface area contributed by atoms with Crippen molar-refractivity contribution in [3.05, 3.63) is 70.2 Å². The average molecular weight is 590 g/mol. The van der Waals surface area contributed by atoms with E-state index < -0.39 is 22.2 Å². The van der Waals surface area contributed by atoms with Crippen LogP contribution in [-0.2, 0) is 21.4 Å². The maximum atomic E-state index is 13.5. The van der Waals surface area contributed by atoms with E-state index in [4.69, 9.17) is 19.4 Å². The molecular formula is C27H22F3N3O7S. The normalized spacial score (nSPS) is 14.8. The first-order valence-electron chi connectivity index (χ1n) is 12.2. The lowest BCUT2D eigenvalue weighted by atomic mass is 10.1. The maximum Gasteiger partial charge on any atom is 0.430 e. The van der Waals surface area contributed by atoms with E-state index in [1.807, 2.05) is 25.1 Å². The quantitative estimate of drug-likeness (QED) is 0.338. The van der Waals surface area contributed by atoms with Gasteiger partial charge in [0, 0.05) is 18.7 Å². The van der Waals surface area contributed by atoms with Crippen molar-refractivity contribution in [2.75, 3.05) is 18.7 Å². The number of carbonyl (C=O) groups excluding carboxylic acids is 1. The van der Waals surface area contributed by atoms with Crippen LogP contribution in [0, 0.1) is 6.92 Å². The standard InChI is InChI=1S/C25H21N3O5S.C2HF3O2/c1-15-2-5-18(6-3-15)34(30,31)28-13-17-8-9-26-19-11-20(25(29)24(28)23(17)19)27-12-16-4-7-21-22(10-16)33-14-32-21;3-2(4,5)1(6)7/h2-7,10-11,13H,8-9,12,14H2,1H3,(H,26,27);(H,6,7). The summed E-state index contributed by atoms with van der Waals surface area (Å²) in [7, 11) is -3.92. The number of nitrogens with zero attached hydrogens (tertiary/aromatic N) is 2. The molecule has 3 heterocycles. The molecule has 14 heteroatoms. The SMILES string of the molecule is Cc1ccc(S(=O)(=O)[N+]2=CC3=c4c2c(O)c(NCc2ccc5c(c2)OCO5)cc4=NCC3)cc1.O=C([O-])C(F)(F)F. The van der Waals surface area contributed by atoms with Crippen LogP contribution in [0.1, 0.15) is 17.5 Å². The van der Waals surface area contributed by atoms with Gasteiger partial charge in [-0.2, -0.15) is 21.6 Å². The minimum absolute atomic E-state index is 0.126. The summed E-state index contributed by atoms with van der Waals surface area (Å²) in [5.74, 6) is -1.76. The number of aromatic hydroxyl groups is 1. The Hall–Kier alpha value is -4.59. The number of phenolic OH excluding ortho intramolecular Hbond substituents is 1. The van der Waals surface area contributed by atoms with Gasteiger partial charge in [0.25, 0.3) is 5.69 Å². The van der Waals surface area contributed by atoms with Gasteiger partial charge in [-0.1, -0.05) is 27.7 Å². The van der Waals surface area contributed by atoms with Gasteiger partial charge in [0.2, 0.25) is 12.5 Å². The van der Waals surface area contributed by atoms with Crippen LogP contribution in [0.15, 0.2) is 58.4 Å². The van der Waals surface area contributed by atoms with Crippen molar-refractivity contribution in [3.8, 4) is 17.2 Å². The van der Waals surface area contributed by atoms with Crippen molar-refractivity contribution in [2.45, 2.75) is 31.0 Å². The molecule has 2 N–H and O–H groups in total. The summed E-state index contributed by atoms with van der Waals surface area (Å²) in [5.41, 5.74) is 3.40. The number of rotatable bonds is 5. The number of carboxylic acid groups (broad SMARTS) is 1. The first kappa shape index (κ1) is 28.0. The number of hydrogen-bond donors (Lipinski definition) is 2. The van der Waals surface area contributed by atoms with Crippen molar-refractivity contribution < 1.29 is 50.1 Å². The smallest absolute Gasteiger partial charge is 0.430 e. The number of ether oxygens (including phenoxy) is 2. The average Bonchev–Trinajstić information content (AvgIpc) is 3.56. The Bertz CT molecular complexity index is 1820. The second-order valence-corrected chi connectivity index (χ2v) is 11.1. The molecule has 0 spiro atoms. The van der Waals surface area contributed by atoms with E-state index in [0.29, 0.717) is 47.3 Å². The van der Waals surface area contributed by atoms with Gasteiger partial charge < -0.3 is 29.8 Å². The van der Waals surface area contributed by atoms with Crippen LogP contribution in [0.25, 0.3) is 5.57 Å². The summed E-state index contributed by atoms with van der Waals surface area (Å²) < 4.78 is 70.6. The van der Waals surface area contributed by atoms with Gasteiger partial charge in [-0.15, -0.1) is 0 Å². The number of carboxylic acids is 1. The van der Waals surface area contributed by atoms with Crippen LogP contribution < -0.4 is 30.5 Å². The van der Waals surface area contributed by atoms with Gasteiger partial charge in [-0.05, 0) is 49.2 Å². The summed E-state index contributed by atoms with van der Waals surface area (Å²) in [5, 5.41) is 24.6. The number of nitrogens with one attached hydrogen (secondary N) is 1. The minimum atomic E-state index is -5.19. The molecule has 3 aromatic rings. The molecule has 3 aliphatic heterocycles. The molecular weight excluding hydrogens is 567 g/mol. The van der Waals surface area contributed by atoms with E-state index in [1.165, 1.54) is 3.98 Å². The number of hydrogen-bond acceptors (Lipinski definition) is 9. The lowest BCUT2D eigenvalue weighted by molar-refractivity contribution is -0.344. The van der Waals surface area contributed by atoms with Gasteiger partial charge in [0.05, 0.1) is 16.3 Å². The number of fused-ring (bicyclic) bond motifs is 1. The highest BCUT2D eigenvalue weighted by Crippen LogP contribution is 2.37. The Morgan fingerprint density at radius 2 is 1.80 bits per heavy atom. The summed E-state index contributed by atoms with van der Waals surface area (Å²) in [6, 6.07) is 14.1. The van der Waals surface area contributed by atoms with E-state index in [2.05, 4.69) is 10.3 Å². The number of sulfonamides is 1. The molecule has 0 unspecified atom stereocenters. The molecule has 0 aliphatic carbocycles. The fourth-order valence-electron chi connectivity index (χ4n) is 4.45. The van der Waals surface area contributed by atoms with Crippen LogP contribution in [0.2, 0.25) is 0 Å². The molecule has 0 aromatic heterocycles. The lowest BCUT2D eigenvalue weighted by Crippen LogP contribution is -2.37. The Morgan fingerprint density at radius 1 is 1.12 bits per heavy atom. The highest BCUT2D eigenvalue weighted by molar-refractivity contribution is 7.85. The molecule has 0 fully saturated rings. The van der Waals surface area contributed by atoms with E-state index in [-0.39, 0.29) is 23.1 Å². The number of benzene rings is 3. The van der Waals surface area contributed by atoms with E-state index in [9.17, 15) is 26.7 Å². The number of phenols is 1. The largest absolute Gasteiger partial charge is 0.542 e. The van der Waals surface area contributed by atoms with Crippen molar-refractivity contribution >= 4 is 39.2 Å². The first-order valence-corrected chi connectivity index (χ1v) is 13.6. The second-order valence-electron chi connectivity index (χ2n) is 9.24. The fraction of sp³-hybridized carbons (Fsp3) is 0.222. The Balaban J connectivity index is 0.000000431. The zero-order valence-corrected chi connectivity index (χ0v) is 22.2. The first-order chi connectivity index (χ1) is 19.4. The number of carbonyl (C=O) groups is 1. The molecule has 3 aliphatic rings. The molecule has 0 bridgehead atoms. The molecule has 0 saturated carbocycles. The van der Waals surface area contributed by atoms with Crippen LogP contribution in [0.3, 0.4) is 0 Å². The third kappa shape index (κ3) is 5.42. The molecule has 41 heavy (non-hydrogen) atoms. The van der Waals surface area contributed by atoms with Crippen LogP contribution in [0.5, 0.6) is 17.2 Å². The summed E-state index contributed by atoms with van der Waals surface area (Å²) in [6.07, 6.45) is -2.97. The van der Waals surface area contributed by atoms with E-state index >= 15 is 0 Å². The Labute approximate surface area is 231 Å². The fourth-order valence-corrected chi connectivity index (χ4v) is 5.84. The topological polar surface area (TPSA) is 140 Å². The van der Waals surface area contributed by atoms with E-state index in [0.717, 1.165) is 16.7 Å².